The van der Waals surface area contributed by atoms with Crippen LogP contribution < -0.4 is 4.74 Å². The molecule has 0 spiro atoms. The molecule has 1 heterocycles. The number of hydrogen-bond donors (Lipinski definition) is 1. The number of hydrogen-bond acceptors (Lipinski definition) is 3. The van der Waals surface area contributed by atoms with Crippen LogP contribution in [-0.2, 0) is 4.79 Å². The average Bonchev–Trinajstić information content (AvgIpc) is 2.87. The summed E-state index contributed by atoms with van der Waals surface area (Å²) >= 11 is 0. The van der Waals surface area contributed by atoms with Gasteiger partial charge in [0, 0.05) is 6.54 Å². The standard InChI is InChI=1S/C15H21NO3/c1-11(12-5-7-13(19-2)8-6-12)10-16-9-3-4-14(16)15(17)18/h5-8,11,14H,3-4,9-10H2,1-2H3,(H,17,18)/t11?,14-/m0/s1. The van der Waals surface area contributed by atoms with Crippen molar-refractivity contribution in [2.45, 2.75) is 31.7 Å². The lowest BCUT2D eigenvalue weighted by Crippen LogP contribution is -2.38. The van der Waals surface area contributed by atoms with E-state index in [0.717, 1.165) is 31.7 Å². The first-order chi connectivity index (χ1) is 9.11. The number of benzene rings is 1. The zero-order valence-electron chi connectivity index (χ0n) is 11.5. The van der Waals surface area contributed by atoms with Gasteiger partial charge in [-0.25, -0.2) is 0 Å². The summed E-state index contributed by atoms with van der Waals surface area (Å²) in [5.41, 5.74) is 1.22. The van der Waals surface area contributed by atoms with Crippen molar-refractivity contribution < 1.29 is 14.6 Å². The minimum absolute atomic E-state index is 0.305. The van der Waals surface area contributed by atoms with E-state index in [1.165, 1.54) is 5.56 Å². The monoisotopic (exact) mass is 263 g/mol. The topological polar surface area (TPSA) is 49.8 Å². The van der Waals surface area contributed by atoms with Crippen LogP contribution in [0.15, 0.2) is 24.3 Å². The molecule has 0 bridgehead atoms. The first-order valence-electron chi connectivity index (χ1n) is 6.72. The van der Waals surface area contributed by atoms with E-state index in [1.807, 2.05) is 12.1 Å². The van der Waals surface area contributed by atoms with E-state index in [1.54, 1.807) is 7.11 Å². The highest BCUT2D eigenvalue weighted by Crippen LogP contribution is 2.24. The number of methoxy groups -OCH3 is 1. The molecular formula is C15H21NO3. The number of likely N-dealkylation sites (tertiary alicyclic amines) is 1. The maximum Gasteiger partial charge on any atom is 0.320 e. The molecule has 1 aromatic rings. The van der Waals surface area contributed by atoms with Crippen molar-refractivity contribution in [3.05, 3.63) is 29.8 Å². The highest BCUT2D eigenvalue weighted by molar-refractivity contribution is 5.73. The van der Waals surface area contributed by atoms with Gasteiger partial charge in [0.25, 0.3) is 0 Å². The van der Waals surface area contributed by atoms with Gasteiger partial charge in [0.2, 0.25) is 0 Å². The van der Waals surface area contributed by atoms with Gasteiger partial charge in [-0.15, -0.1) is 0 Å². The van der Waals surface area contributed by atoms with Gasteiger partial charge in [0.05, 0.1) is 7.11 Å². The molecule has 2 atom stereocenters. The zero-order chi connectivity index (χ0) is 13.8. The molecule has 0 saturated carbocycles. The van der Waals surface area contributed by atoms with E-state index in [-0.39, 0.29) is 6.04 Å². The van der Waals surface area contributed by atoms with Crippen molar-refractivity contribution in [2.24, 2.45) is 0 Å². The molecule has 1 aliphatic rings. The van der Waals surface area contributed by atoms with Crippen LogP contribution in [0, 0.1) is 0 Å². The molecule has 0 aromatic heterocycles. The summed E-state index contributed by atoms with van der Waals surface area (Å²) in [6.07, 6.45) is 1.75. The fourth-order valence-electron chi connectivity index (χ4n) is 2.71. The largest absolute Gasteiger partial charge is 0.497 e. The second-order valence-electron chi connectivity index (χ2n) is 5.17. The van der Waals surface area contributed by atoms with Crippen molar-refractivity contribution in [2.75, 3.05) is 20.2 Å². The van der Waals surface area contributed by atoms with E-state index in [2.05, 4.69) is 24.0 Å². The molecular weight excluding hydrogens is 242 g/mol. The highest BCUT2D eigenvalue weighted by Gasteiger charge is 2.31. The molecule has 1 saturated heterocycles. The van der Waals surface area contributed by atoms with Gasteiger partial charge in [-0.2, -0.15) is 0 Å². The summed E-state index contributed by atoms with van der Waals surface area (Å²) in [5, 5.41) is 9.18. The van der Waals surface area contributed by atoms with Gasteiger partial charge in [0.15, 0.2) is 0 Å². The Morgan fingerprint density at radius 1 is 1.47 bits per heavy atom. The molecule has 2 rings (SSSR count). The third kappa shape index (κ3) is 3.26. The summed E-state index contributed by atoms with van der Waals surface area (Å²) in [6.45, 7) is 3.82. The molecule has 104 valence electrons. The summed E-state index contributed by atoms with van der Waals surface area (Å²) < 4.78 is 5.14. The van der Waals surface area contributed by atoms with Crippen molar-refractivity contribution in [3.63, 3.8) is 0 Å². The van der Waals surface area contributed by atoms with Gasteiger partial charge in [-0.1, -0.05) is 19.1 Å². The number of nitrogens with zero attached hydrogens (tertiary/aromatic N) is 1. The van der Waals surface area contributed by atoms with E-state index in [0.29, 0.717) is 5.92 Å². The van der Waals surface area contributed by atoms with Crippen molar-refractivity contribution >= 4 is 5.97 Å². The first-order valence-corrected chi connectivity index (χ1v) is 6.72. The van der Waals surface area contributed by atoms with Gasteiger partial charge in [0.1, 0.15) is 11.8 Å². The summed E-state index contributed by atoms with van der Waals surface area (Å²) in [5.74, 6) is 0.478. The zero-order valence-corrected chi connectivity index (χ0v) is 11.5. The Bertz CT molecular complexity index is 430. The van der Waals surface area contributed by atoms with E-state index >= 15 is 0 Å². The molecule has 1 aromatic carbocycles. The van der Waals surface area contributed by atoms with Gasteiger partial charge >= 0.3 is 5.97 Å². The third-order valence-corrected chi connectivity index (χ3v) is 3.84. The molecule has 1 fully saturated rings. The van der Waals surface area contributed by atoms with Crippen LogP contribution in [0.4, 0.5) is 0 Å². The van der Waals surface area contributed by atoms with Gasteiger partial charge in [-0.05, 0) is 43.0 Å². The smallest absolute Gasteiger partial charge is 0.320 e. The Morgan fingerprint density at radius 2 is 2.16 bits per heavy atom. The van der Waals surface area contributed by atoms with Crippen LogP contribution in [0.3, 0.4) is 0 Å². The Hall–Kier alpha value is -1.55. The van der Waals surface area contributed by atoms with Crippen molar-refractivity contribution in [3.8, 4) is 5.75 Å². The number of rotatable bonds is 5. The van der Waals surface area contributed by atoms with E-state index in [4.69, 9.17) is 4.74 Å². The number of aliphatic carboxylic acids is 1. The maximum atomic E-state index is 11.2. The summed E-state index contributed by atoms with van der Waals surface area (Å²) in [4.78, 5) is 13.2. The molecule has 1 N–H and O–H groups in total. The Kier molecular flexibility index (Phi) is 4.43. The Balaban J connectivity index is 1.99. The molecule has 1 unspecified atom stereocenters. The van der Waals surface area contributed by atoms with Crippen LogP contribution in [0.5, 0.6) is 5.75 Å². The quantitative estimate of drug-likeness (QED) is 0.886. The second kappa shape index (κ2) is 6.06. The predicted octanol–water partition coefficient (Wildman–Crippen LogP) is 2.35. The normalized spacial score (nSPS) is 21.3. The SMILES string of the molecule is COc1ccc(C(C)CN2CCC[C@H]2C(=O)O)cc1. The summed E-state index contributed by atoms with van der Waals surface area (Å²) in [7, 11) is 1.65. The molecule has 4 heteroatoms. The van der Waals surface area contributed by atoms with Crippen molar-refractivity contribution in [1.82, 2.24) is 4.90 Å². The minimum atomic E-state index is -0.695. The Morgan fingerprint density at radius 3 is 2.74 bits per heavy atom. The number of carboxylic acid groups (broad SMARTS) is 1. The average molecular weight is 263 g/mol. The lowest BCUT2D eigenvalue weighted by Gasteiger charge is -2.25. The number of ether oxygens (including phenoxy) is 1. The highest BCUT2D eigenvalue weighted by atomic mass is 16.5. The Labute approximate surface area is 114 Å². The number of carbonyl (C=O) groups is 1. The van der Waals surface area contributed by atoms with Crippen molar-refractivity contribution in [1.29, 1.82) is 0 Å². The molecule has 0 amide bonds. The van der Waals surface area contributed by atoms with Crippen LogP contribution in [0.2, 0.25) is 0 Å². The van der Waals surface area contributed by atoms with Crippen LogP contribution in [-0.4, -0.2) is 42.2 Å². The van der Waals surface area contributed by atoms with E-state index in [9.17, 15) is 9.90 Å². The van der Waals surface area contributed by atoms with Crippen LogP contribution in [0.25, 0.3) is 0 Å². The van der Waals surface area contributed by atoms with Gasteiger partial charge in [-0.3, -0.25) is 9.69 Å². The molecule has 1 aliphatic heterocycles. The van der Waals surface area contributed by atoms with Crippen LogP contribution in [0.1, 0.15) is 31.2 Å². The summed E-state index contributed by atoms with van der Waals surface area (Å²) in [6, 6.07) is 7.69. The fraction of sp³-hybridized carbons (Fsp3) is 0.533. The molecule has 19 heavy (non-hydrogen) atoms. The molecule has 4 nitrogen and oxygen atoms in total. The maximum absolute atomic E-state index is 11.2. The second-order valence-corrected chi connectivity index (χ2v) is 5.17. The predicted molar refractivity (Wildman–Crippen MR) is 73.6 cm³/mol. The van der Waals surface area contributed by atoms with E-state index < -0.39 is 5.97 Å². The van der Waals surface area contributed by atoms with Gasteiger partial charge < -0.3 is 9.84 Å². The number of carboxylic acids is 1. The molecule has 0 aliphatic carbocycles. The first kappa shape index (κ1) is 13.9. The fourth-order valence-corrected chi connectivity index (χ4v) is 2.71. The lowest BCUT2D eigenvalue weighted by molar-refractivity contribution is -0.142. The lowest BCUT2D eigenvalue weighted by atomic mass is 10.00. The third-order valence-electron chi connectivity index (χ3n) is 3.84. The van der Waals surface area contributed by atoms with Crippen LogP contribution >= 0.6 is 0 Å². The minimum Gasteiger partial charge on any atom is -0.497 e. The molecule has 0 radical (unpaired) electrons.